The van der Waals surface area contributed by atoms with Crippen molar-refractivity contribution in [3.05, 3.63) is 17.7 Å². The normalized spacial score (nSPS) is 9.93. The van der Waals surface area contributed by atoms with E-state index in [-0.39, 0.29) is 0 Å². The Morgan fingerprint density at radius 2 is 2.14 bits per heavy atom. The van der Waals surface area contributed by atoms with Gasteiger partial charge in [0.25, 0.3) is 0 Å². The molecule has 3 nitrogen and oxygen atoms in total. The number of anilines is 2. The van der Waals surface area contributed by atoms with Crippen LogP contribution in [-0.2, 0) is 0 Å². The third kappa shape index (κ3) is 2.31. The first-order valence-corrected chi connectivity index (χ1v) is 4.87. The molecule has 0 aromatic heterocycles. The predicted molar refractivity (Wildman–Crippen MR) is 60.9 cm³/mol. The van der Waals surface area contributed by atoms with Crippen LogP contribution in [-0.4, -0.2) is 13.7 Å². The van der Waals surface area contributed by atoms with Gasteiger partial charge in [-0.05, 0) is 25.0 Å². The fourth-order valence-corrected chi connectivity index (χ4v) is 1.34. The van der Waals surface area contributed by atoms with Gasteiger partial charge in [0.15, 0.2) is 0 Å². The second-order valence-corrected chi connectivity index (χ2v) is 3.34. The van der Waals surface area contributed by atoms with E-state index in [0.29, 0.717) is 0 Å². The maximum Gasteiger partial charge on any atom is 0.123 e. The monoisotopic (exact) mass is 194 g/mol. The van der Waals surface area contributed by atoms with Gasteiger partial charge in [-0.25, -0.2) is 0 Å². The number of nitrogens with two attached hydrogens (primary N) is 1. The molecular weight excluding hydrogens is 176 g/mol. The Kier molecular flexibility index (Phi) is 3.63. The SMILES string of the molecule is CCCNc1cc(OC)c(C)cc1N. The van der Waals surface area contributed by atoms with E-state index in [2.05, 4.69) is 12.2 Å². The van der Waals surface area contributed by atoms with Crippen molar-refractivity contribution in [2.24, 2.45) is 0 Å². The lowest BCUT2D eigenvalue weighted by molar-refractivity contribution is 0.412. The van der Waals surface area contributed by atoms with Crippen LogP contribution in [0.5, 0.6) is 5.75 Å². The van der Waals surface area contributed by atoms with Gasteiger partial charge in [0.1, 0.15) is 5.75 Å². The van der Waals surface area contributed by atoms with E-state index in [1.54, 1.807) is 7.11 Å². The van der Waals surface area contributed by atoms with Crippen LogP contribution in [0.15, 0.2) is 12.1 Å². The second kappa shape index (κ2) is 4.74. The van der Waals surface area contributed by atoms with Gasteiger partial charge >= 0.3 is 0 Å². The molecule has 0 radical (unpaired) electrons. The molecule has 1 aromatic carbocycles. The smallest absolute Gasteiger partial charge is 0.123 e. The number of hydrogen-bond donors (Lipinski definition) is 2. The van der Waals surface area contributed by atoms with Gasteiger partial charge in [0.05, 0.1) is 18.5 Å². The molecule has 0 bridgehead atoms. The topological polar surface area (TPSA) is 47.3 Å². The highest BCUT2D eigenvalue weighted by molar-refractivity contribution is 5.70. The van der Waals surface area contributed by atoms with E-state index in [0.717, 1.165) is 35.7 Å². The van der Waals surface area contributed by atoms with Crippen molar-refractivity contribution in [3.8, 4) is 5.75 Å². The highest BCUT2D eigenvalue weighted by Gasteiger charge is 2.04. The molecule has 3 heteroatoms. The van der Waals surface area contributed by atoms with E-state index in [1.165, 1.54) is 0 Å². The first-order valence-electron chi connectivity index (χ1n) is 4.87. The Labute approximate surface area is 85.3 Å². The second-order valence-electron chi connectivity index (χ2n) is 3.34. The maximum atomic E-state index is 5.87. The Bertz CT molecular complexity index is 310. The molecule has 14 heavy (non-hydrogen) atoms. The zero-order chi connectivity index (χ0) is 10.6. The maximum absolute atomic E-state index is 5.87. The van der Waals surface area contributed by atoms with Crippen molar-refractivity contribution in [2.75, 3.05) is 24.7 Å². The lowest BCUT2D eigenvalue weighted by Gasteiger charge is -2.12. The van der Waals surface area contributed by atoms with Crippen LogP contribution in [0.1, 0.15) is 18.9 Å². The number of hydrogen-bond acceptors (Lipinski definition) is 3. The van der Waals surface area contributed by atoms with Gasteiger partial charge < -0.3 is 15.8 Å². The van der Waals surface area contributed by atoms with Crippen molar-refractivity contribution in [1.29, 1.82) is 0 Å². The molecule has 3 N–H and O–H groups in total. The van der Waals surface area contributed by atoms with Crippen LogP contribution >= 0.6 is 0 Å². The molecule has 0 aliphatic carbocycles. The zero-order valence-electron chi connectivity index (χ0n) is 9.05. The first kappa shape index (κ1) is 10.7. The molecule has 0 atom stereocenters. The predicted octanol–water partition coefficient (Wildman–Crippen LogP) is 2.41. The quantitative estimate of drug-likeness (QED) is 0.723. The van der Waals surface area contributed by atoms with Crippen LogP contribution in [0.3, 0.4) is 0 Å². The molecule has 1 rings (SSSR count). The summed E-state index contributed by atoms with van der Waals surface area (Å²) in [5, 5.41) is 3.26. The average molecular weight is 194 g/mol. The molecule has 0 spiro atoms. The molecule has 0 aliphatic heterocycles. The lowest BCUT2D eigenvalue weighted by Crippen LogP contribution is -2.04. The van der Waals surface area contributed by atoms with Crippen molar-refractivity contribution in [2.45, 2.75) is 20.3 Å². The van der Waals surface area contributed by atoms with E-state index in [9.17, 15) is 0 Å². The average Bonchev–Trinajstić information content (AvgIpc) is 2.17. The third-order valence-electron chi connectivity index (χ3n) is 2.13. The van der Waals surface area contributed by atoms with Crippen molar-refractivity contribution in [3.63, 3.8) is 0 Å². The number of rotatable bonds is 4. The molecule has 0 amide bonds. The lowest BCUT2D eigenvalue weighted by atomic mass is 10.1. The largest absolute Gasteiger partial charge is 0.496 e. The van der Waals surface area contributed by atoms with Gasteiger partial charge in [0, 0.05) is 12.6 Å². The number of nitrogens with one attached hydrogen (secondary N) is 1. The number of methoxy groups -OCH3 is 1. The minimum absolute atomic E-state index is 0.775. The highest BCUT2D eigenvalue weighted by Crippen LogP contribution is 2.28. The summed E-state index contributed by atoms with van der Waals surface area (Å²) in [4.78, 5) is 0. The molecule has 78 valence electrons. The van der Waals surface area contributed by atoms with Gasteiger partial charge in [-0.3, -0.25) is 0 Å². The Morgan fingerprint density at radius 3 is 2.71 bits per heavy atom. The van der Waals surface area contributed by atoms with E-state index < -0.39 is 0 Å². The summed E-state index contributed by atoms with van der Waals surface area (Å²) in [5.74, 6) is 0.873. The summed E-state index contributed by atoms with van der Waals surface area (Å²) in [6.07, 6.45) is 1.08. The number of nitrogen functional groups attached to an aromatic ring is 1. The van der Waals surface area contributed by atoms with Gasteiger partial charge in [0.2, 0.25) is 0 Å². The molecular formula is C11H18N2O. The fraction of sp³-hybridized carbons (Fsp3) is 0.455. The van der Waals surface area contributed by atoms with Gasteiger partial charge in [-0.15, -0.1) is 0 Å². The standard InChI is InChI=1S/C11H18N2O/c1-4-5-13-10-7-11(14-3)8(2)6-9(10)12/h6-7,13H,4-5,12H2,1-3H3. The van der Waals surface area contributed by atoms with Crippen LogP contribution in [0.4, 0.5) is 11.4 Å². The first-order chi connectivity index (χ1) is 6.69. The summed E-state index contributed by atoms with van der Waals surface area (Å²) in [7, 11) is 1.67. The Hall–Kier alpha value is -1.38. The summed E-state index contributed by atoms with van der Waals surface area (Å²) >= 11 is 0. The molecule has 0 unspecified atom stereocenters. The summed E-state index contributed by atoms with van der Waals surface area (Å²) in [5.41, 5.74) is 8.66. The van der Waals surface area contributed by atoms with E-state index in [1.807, 2.05) is 19.1 Å². The molecule has 0 saturated carbocycles. The van der Waals surface area contributed by atoms with Crippen LogP contribution in [0, 0.1) is 6.92 Å². The van der Waals surface area contributed by atoms with Gasteiger partial charge in [-0.1, -0.05) is 6.92 Å². The fourth-order valence-electron chi connectivity index (χ4n) is 1.34. The van der Waals surface area contributed by atoms with Crippen LogP contribution in [0.25, 0.3) is 0 Å². The summed E-state index contributed by atoms with van der Waals surface area (Å²) in [6, 6.07) is 3.87. The van der Waals surface area contributed by atoms with Crippen molar-refractivity contribution < 1.29 is 4.74 Å². The zero-order valence-corrected chi connectivity index (χ0v) is 9.05. The molecule has 1 aromatic rings. The van der Waals surface area contributed by atoms with Crippen LogP contribution in [0.2, 0.25) is 0 Å². The van der Waals surface area contributed by atoms with Crippen molar-refractivity contribution in [1.82, 2.24) is 0 Å². The van der Waals surface area contributed by atoms with Crippen molar-refractivity contribution >= 4 is 11.4 Å². The number of benzene rings is 1. The summed E-state index contributed by atoms with van der Waals surface area (Å²) < 4.78 is 5.23. The Morgan fingerprint density at radius 1 is 1.43 bits per heavy atom. The molecule has 0 aliphatic rings. The van der Waals surface area contributed by atoms with E-state index in [4.69, 9.17) is 10.5 Å². The molecule has 0 saturated heterocycles. The minimum atomic E-state index is 0.775. The Balaban J connectivity index is 2.92. The van der Waals surface area contributed by atoms with E-state index >= 15 is 0 Å². The third-order valence-corrected chi connectivity index (χ3v) is 2.13. The van der Waals surface area contributed by atoms with Gasteiger partial charge in [-0.2, -0.15) is 0 Å². The van der Waals surface area contributed by atoms with Crippen LogP contribution < -0.4 is 15.8 Å². The number of aryl methyl sites for hydroxylation is 1. The molecule has 0 fully saturated rings. The highest BCUT2D eigenvalue weighted by atomic mass is 16.5. The molecule has 0 heterocycles. The summed E-state index contributed by atoms with van der Waals surface area (Å²) in [6.45, 7) is 5.03. The number of ether oxygens (including phenoxy) is 1. The minimum Gasteiger partial charge on any atom is -0.496 e.